The Morgan fingerprint density at radius 3 is 1.42 bits per heavy atom. The van der Waals surface area contributed by atoms with Gasteiger partial charge in [-0.1, -0.05) is 116 Å². The van der Waals surface area contributed by atoms with Crippen LogP contribution in [0.4, 0.5) is 0 Å². The van der Waals surface area contributed by atoms with Crippen molar-refractivity contribution in [2.24, 2.45) is 0 Å². The fourth-order valence-electron chi connectivity index (χ4n) is 3.35. The first-order chi connectivity index (χ1) is 15.7. The second-order valence-electron chi connectivity index (χ2n) is 9.07. The van der Waals surface area contributed by atoms with Crippen LogP contribution in [0.15, 0.2) is 23.8 Å². The Bertz CT molecular complexity index is 522. The molecule has 194 valence electrons. The zero-order valence-corrected chi connectivity index (χ0v) is 22.0. The average molecular weight is 469 g/mol. The lowest BCUT2D eigenvalue weighted by molar-refractivity contribution is -0.159. The third-order valence-corrected chi connectivity index (χ3v) is 5.47. The minimum atomic E-state index is -1.05. The van der Waals surface area contributed by atoms with E-state index in [0.717, 1.165) is 12.8 Å². The number of carboxylic acids is 1. The first-order valence-electron chi connectivity index (χ1n) is 13.2. The van der Waals surface area contributed by atoms with Gasteiger partial charge in [0.05, 0.1) is 0 Å². The van der Waals surface area contributed by atoms with Gasteiger partial charge in [-0.2, -0.15) is 0 Å². The van der Waals surface area contributed by atoms with Crippen molar-refractivity contribution in [1.82, 2.24) is 0 Å². The van der Waals surface area contributed by atoms with Gasteiger partial charge in [0.15, 0.2) is 6.29 Å². The van der Waals surface area contributed by atoms with E-state index in [1.807, 2.05) is 6.08 Å². The van der Waals surface area contributed by atoms with Crippen LogP contribution in [0.3, 0.4) is 0 Å². The van der Waals surface area contributed by atoms with Crippen molar-refractivity contribution in [3.63, 3.8) is 0 Å². The van der Waals surface area contributed by atoms with Crippen molar-refractivity contribution in [3.05, 3.63) is 23.8 Å². The summed E-state index contributed by atoms with van der Waals surface area (Å²) in [6.45, 7) is 10.2. The van der Waals surface area contributed by atoms with E-state index in [-0.39, 0.29) is 5.57 Å². The molecule has 33 heavy (non-hydrogen) atoms. The number of hydrogen-bond donors (Lipinski definition) is 2. The van der Waals surface area contributed by atoms with E-state index in [0.29, 0.717) is 5.57 Å². The molecule has 0 heterocycles. The number of carbonyl (C=O) groups excluding carboxylic acids is 1. The van der Waals surface area contributed by atoms with Crippen LogP contribution in [0, 0.1) is 0 Å². The summed E-state index contributed by atoms with van der Waals surface area (Å²) in [6.07, 6.45) is 23.8. The topological polar surface area (TPSA) is 83.8 Å². The largest absolute Gasteiger partial charge is 0.478 e. The van der Waals surface area contributed by atoms with E-state index in [1.165, 1.54) is 110 Å². The first kappa shape index (κ1) is 33.6. The molecule has 5 nitrogen and oxygen atoms in total. The average Bonchev–Trinajstić information content (AvgIpc) is 2.75. The predicted molar refractivity (Wildman–Crippen MR) is 138 cm³/mol. The Morgan fingerprint density at radius 2 is 1.15 bits per heavy atom. The Balaban J connectivity index is 0. The van der Waals surface area contributed by atoms with Crippen molar-refractivity contribution in [1.29, 1.82) is 0 Å². The maximum absolute atomic E-state index is 10.6. The molecule has 0 saturated carbocycles. The molecule has 0 aliphatic rings. The van der Waals surface area contributed by atoms with E-state index in [4.69, 9.17) is 10.2 Å². The van der Waals surface area contributed by atoms with Gasteiger partial charge in [0, 0.05) is 11.1 Å². The molecule has 0 radical (unpaired) electrons. The van der Waals surface area contributed by atoms with E-state index in [1.54, 1.807) is 6.92 Å². The van der Waals surface area contributed by atoms with Crippen molar-refractivity contribution in [3.8, 4) is 0 Å². The van der Waals surface area contributed by atoms with Gasteiger partial charge in [-0.15, -0.1) is 0 Å². The number of ether oxygens (including phenoxy) is 1. The first-order valence-corrected chi connectivity index (χ1v) is 13.2. The summed E-state index contributed by atoms with van der Waals surface area (Å²) in [5, 5.41) is 17.2. The number of carbonyl (C=O) groups is 2. The van der Waals surface area contributed by atoms with Gasteiger partial charge in [-0.05, 0) is 33.6 Å². The summed E-state index contributed by atoms with van der Waals surface area (Å²) in [6, 6.07) is 0. The molecular formula is C28H52O5. The number of rotatable bonds is 20. The number of hydrogen-bond acceptors (Lipinski definition) is 4. The second-order valence-corrected chi connectivity index (χ2v) is 9.07. The molecule has 0 rings (SSSR count). The molecular weight excluding hydrogens is 416 g/mol. The molecule has 0 aromatic rings. The Morgan fingerprint density at radius 1 is 0.788 bits per heavy atom. The summed E-state index contributed by atoms with van der Waals surface area (Å²) in [5.74, 6) is -1.35. The minimum Gasteiger partial charge on any atom is -0.478 e. The number of allylic oxidation sites excluding steroid dienone is 1. The maximum atomic E-state index is 10.6. The van der Waals surface area contributed by atoms with Gasteiger partial charge in [0.25, 0.3) is 0 Å². The Hall–Kier alpha value is -1.62. The number of unbranched alkanes of at least 4 members (excludes halogenated alkanes) is 16. The molecule has 1 unspecified atom stereocenters. The molecule has 0 fully saturated rings. The quantitative estimate of drug-likeness (QED) is 0.0815. The summed E-state index contributed by atoms with van der Waals surface area (Å²) in [5.41, 5.74) is 0.770. The molecule has 2 N–H and O–H groups in total. The molecule has 0 aromatic carbocycles. The summed E-state index contributed by atoms with van der Waals surface area (Å²) in [4.78, 5) is 21.1. The van der Waals surface area contributed by atoms with E-state index >= 15 is 0 Å². The van der Waals surface area contributed by atoms with Crippen LogP contribution in [-0.4, -0.2) is 28.4 Å². The van der Waals surface area contributed by atoms with Gasteiger partial charge in [-0.3, -0.25) is 0 Å². The number of carboxylic acid groups (broad SMARTS) is 1. The van der Waals surface area contributed by atoms with E-state index in [9.17, 15) is 9.59 Å². The standard InChI is InChI=1S/C22H42O2.C6H10O3/c1-3-4-5-6-7-8-9-10-11-12-13-14-15-16-17-18-19-20-21(2)22(23)24;1-4(2)6(8)9-5(3)7/h20H,3-19H2,1-2H3,(H,23,24);5,7H,1H2,2-3H3. The van der Waals surface area contributed by atoms with Crippen molar-refractivity contribution in [2.75, 3.05) is 0 Å². The predicted octanol–water partition coefficient (Wildman–Crippen LogP) is 8.11. The van der Waals surface area contributed by atoms with Crippen molar-refractivity contribution in [2.45, 2.75) is 143 Å². The van der Waals surface area contributed by atoms with Crippen LogP contribution in [0.2, 0.25) is 0 Å². The Kier molecular flexibility index (Phi) is 25.4. The lowest BCUT2D eigenvalue weighted by Gasteiger charge is -2.04. The van der Waals surface area contributed by atoms with Crippen molar-refractivity contribution < 1.29 is 24.5 Å². The zero-order chi connectivity index (χ0) is 25.3. The van der Waals surface area contributed by atoms with Crippen LogP contribution >= 0.6 is 0 Å². The maximum Gasteiger partial charge on any atom is 0.335 e. The highest BCUT2D eigenvalue weighted by molar-refractivity contribution is 5.87. The van der Waals surface area contributed by atoms with Gasteiger partial charge in [-0.25, -0.2) is 9.59 Å². The second kappa shape index (κ2) is 25.0. The number of aliphatic hydroxyl groups excluding tert-OH is 1. The summed E-state index contributed by atoms with van der Waals surface area (Å²) < 4.78 is 4.33. The lowest BCUT2D eigenvalue weighted by Crippen LogP contribution is -2.13. The minimum absolute atomic E-state index is 0.288. The van der Waals surface area contributed by atoms with Crippen LogP contribution in [0.25, 0.3) is 0 Å². The molecule has 0 amide bonds. The molecule has 5 heteroatoms. The molecule has 0 aliphatic heterocycles. The summed E-state index contributed by atoms with van der Waals surface area (Å²) >= 11 is 0. The molecule has 0 aliphatic carbocycles. The van der Waals surface area contributed by atoms with Crippen molar-refractivity contribution >= 4 is 11.9 Å². The number of aliphatic carboxylic acids is 1. The summed E-state index contributed by atoms with van der Waals surface area (Å²) in [7, 11) is 0. The van der Waals surface area contributed by atoms with Crippen LogP contribution in [-0.2, 0) is 14.3 Å². The lowest BCUT2D eigenvalue weighted by atomic mass is 10.0. The SMILES string of the molecule is C=C(C)C(=O)OC(C)O.CCCCCCCCCCCCCCCCCCC=C(C)C(=O)O. The fourth-order valence-corrected chi connectivity index (χ4v) is 3.35. The normalized spacial score (nSPS) is 12.0. The van der Waals surface area contributed by atoms with Crippen LogP contribution in [0.1, 0.15) is 137 Å². The molecule has 1 atom stereocenters. The molecule has 0 aromatic heterocycles. The third kappa shape index (κ3) is 28.3. The van der Waals surface area contributed by atoms with Gasteiger partial charge in [0.1, 0.15) is 0 Å². The molecule has 0 bridgehead atoms. The van der Waals surface area contributed by atoms with Gasteiger partial charge in [0.2, 0.25) is 0 Å². The smallest absolute Gasteiger partial charge is 0.335 e. The van der Waals surface area contributed by atoms with E-state index < -0.39 is 18.2 Å². The highest BCUT2D eigenvalue weighted by Crippen LogP contribution is 2.14. The zero-order valence-electron chi connectivity index (χ0n) is 22.0. The third-order valence-electron chi connectivity index (χ3n) is 5.47. The van der Waals surface area contributed by atoms with Gasteiger partial charge < -0.3 is 14.9 Å². The highest BCUT2D eigenvalue weighted by atomic mass is 16.6. The fraction of sp³-hybridized carbons (Fsp3) is 0.786. The Labute approximate surface area is 203 Å². The van der Waals surface area contributed by atoms with E-state index in [2.05, 4.69) is 18.2 Å². The molecule has 0 spiro atoms. The number of aliphatic hydroxyl groups is 1. The molecule has 0 saturated heterocycles. The number of esters is 1. The van der Waals surface area contributed by atoms with Crippen LogP contribution in [0.5, 0.6) is 0 Å². The van der Waals surface area contributed by atoms with Gasteiger partial charge >= 0.3 is 11.9 Å². The van der Waals surface area contributed by atoms with Crippen LogP contribution < -0.4 is 0 Å². The monoisotopic (exact) mass is 468 g/mol. The highest BCUT2D eigenvalue weighted by Gasteiger charge is 2.05.